The molecule has 0 aliphatic heterocycles. The first-order valence-corrected chi connectivity index (χ1v) is 7.76. The summed E-state index contributed by atoms with van der Waals surface area (Å²) in [5.41, 5.74) is 1.37. The number of ketones is 1. The number of aromatic nitrogens is 1. The summed E-state index contributed by atoms with van der Waals surface area (Å²) in [4.78, 5) is 41.0. The van der Waals surface area contributed by atoms with Gasteiger partial charge >= 0.3 is 11.9 Å². The fraction of sp³-hybridized carbons (Fsp3) is 0.100. The first-order valence-electron chi connectivity index (χ1n) is 7.76. The minimum absolute atomic E-state index is 0.140. The molecule has 0 bridgehead atoms. The largest absolute Gasteiger partial charge is 0.465 e. The molecule has 1 aromatic heterocycles. The Hall–Kier alpha value is -3.54. The molecule has 0 aliphatic carbocycles. The van der Waals surface area contributed by atoms with Crippen molar-refractivity contribution < 1.29 is 23.9 Å². The molecule has 0 amide bonds. The van der Waals surface area contributed by atoms with E-state index >= 15 is 0 Å². The number of pyridine rings is 1. The van der Waals surface area contributed by atoms with Gasteiger partial charge in [-0.3, -0.25) is 9.78 Å². The predicted molar refractivity (Wildman–Crippen MR) is 94.3 cm³/mol. The minimum Gasteiger partial charge on any atom is -0.465 e. The fourth-order valence-electron chi connectivity index (χ4n) is 2.67. The van der Waals surface area contributed by atoms with E-state index < -0.39 is 11.9 Å². The molecular weight excluding hydrogens is 334 g/mol. The summed E-state index contributed by atoms with van der Waals surface area (Å²) in [6.45, 7) is 0. The zero-order valence-electron chi connectivity index (χ0n) is 14.2. The van der Waals surface area contributed by atoms with Crippen molar-refractivity contribution in [2.75, 3.05) is 14.2 Å². The van der Waals surface area contributed by atoms with E-state index in [1.165, 1.54) is 38.5 Å². The Kier molecular flexibility index (Phi) is 4.75. The zero-order chi connectivity index (χ0) is 18.7. The van der Waals surface area contributed by atoms with Crippen LogP contribution in [0, 0.1) is 0 Å². The summed E-state index contributed by atoms with van der Waals surface area (Å²) in [6, 6.07) is 12.8. The average molecular weight is 349 g/mol. The highest BCUT2D eigenvalue weighted by molar-refractivity contribution is 6.20. The Morgan fingerprint density at radius 1 is 0.808 bits per heavy atom. The van der Waals surface area contributed by atoms with E-state index in [0.717, 1.165) is 5.39 Å². The van der Waals surface area contributed by atoms with Gasteiger partial charge in [0, 0.05) is 17.1 Å². The second kappa shape index (κ2) is 7.14. The van der Waals surface area contributed by atoms with Crippen molar-refractivity contribution in [2.45, 2.75) is 0 Å². The number of nitrogens with zero attached hydrogens (tertiary/aromatic N) is 1. The van der Waals surface area contributed by atoms with E-state index in [1.54, 1.807) is 30.5 Å². The smallest absolute Gasteiger partial charge is 0.338 e. The molecule has 0 aliphatic rings. The summed E-state index contributed by atoms with van der Waals surface area (Å²) >= 11 is 0. The van der Waals surface area contributed by atoms with E-state index in [0.29, 0.717) is 16.6 Å². The van der Waals surface area contributed by atoms with Crippen molar-refractivity contribution in [3.05, 3.63) is 77.0 Å². The molecule has 0 fully saturated rings. The molecule has 0 saturated heterocycles. The number of carbonyl (C=O) groups is 3. The molecule has 6 heteroatoms. The van der Waals surface area contributed by atoms with Gasteiger partial charge in [0.25, 0.3) is 0 Å². The highest BCUT2D eigenvalue weighted by Crippen LogP contribution is 2.24. The second-order valence-corrected chi connectivity index (χ2v) is 5.45. The third-order valence-electron chi connectivity index (χ3n) is 3.98. The number of methoxy groups -OCH3 is 2. The van der Waals surface area contributed by atoms with Gasteiger partial charge in [-0.05, 0) is 24.3 Å². The lowest BCUT2D eigenvalue weighted by Crippen LogP contribution is -2.13. The van der Waals surface area contributed by atoms with Crippen molar-refractivity contribution in [1.29, 1.82) is 0 Å². The molecule has 2 aromatic carbocycles. The number of hydrogen-bond acceptors (Lipinski definition) is 6. The van der Waals surface area contributed by atoms with E-state index in [2.05, 4.69) is 9.72 Å². The maximum Gasteiger partial charge on any atom is 0.338 e. The van der Waals surface area contributed by atoms with Gasteiger partial charge in [-0.25, -0.2) is 9.59 Å². The van der Waals surface area contributed by atoms with Gasteiger partial charge in [0.15, 0.2) is 5.78 Å². The van der Waals surface area contributed by atoms with Crippen LogP contribution in [0.1, 0.15) is 36.6 Å². The predicted octanol–water partition coefficient (Wildman–Crippen LogP) is 3.04. The monoisotopic (exact) mass is 349 g/mol. The molecule has 6 nitrogen and oxygen atoms in total. The molecule has 0 saturated carbocycles. The Balaban J connectivity index is 2.15. The molecule has 0 radical (unpaired) electrons. The number of rotatable bonds is 4. The zero-order valence-corrected chi connectivity index (χ0v) is 14.2. The SMILES string of the molecule is COC(=O)c1ccc(C(=O)c2c(C(=O)OC)ccc3cccnc23)cc1. The van der Waals surface area contributed by atoms with Crippen LogP contribution >= 0.6 is 0 Å². The number of fused-ring (bicyclic) bond motifs is 1. The second-order valence-electron chi connectivity index (χ2n) is 5.45. The van der Waals surface area contributed by atoms with Crippen LogP contribution in [-0.2, 0) is 9.47 Å². The van der Waals surface area contributed by atoms with Crippen molar-refractivity contribution in [2.24, 2.45) is 0 Å². The van der Waals surface area contributed by atoms with Gasteiger partial charge < -0.3 is 9.47 Å². The standard InChI is InChI=1S/C20H15NO5/c1-25-19(23)14-7-5-13(6-8-14)18(22)16-15(20(24)26-2)10-9-12-4-3-11-21-17(12)16/h3-11H,1-2H3. The van der Waals surface area contributed by atoms with Gasteiger partial charge in [0.05, 0.1) is 36.4 Å². The van der Waals surface area contributed by atoms with Crippen LogP contribution in [0.2, 0.25) is 0 Å². The van der Waals surface area contributed by atoms with Crippen LogP contribution in [0.15, 0.2) is 54.7 Å². The third kappa shape index (κ3) is 3.04. The van der Waals surface area contributed by atoms with Crippen LogP contribution in [0.5, 0.6) is 0 Å². The Labute approximate surface area is 149 Å². The molecule has 1 heterocycles. The maximum absolute atomic E-state index is 13.1. The Bertz CT molecular complexity index is 1010. The highest BCUT2D eigenvalue weighted by Gasteiger charge is 2.23. The summed E-state index contributed by atoms with van der Waals surface area (Å²) < 4.78 is 9.45. The molecular formula is C20H15NO5. The van der Waals surface area contributed by atoms with Gasteiger partial charge in [-0.15, -0.1) is 0 Å². The summed E-state index contributed by atoms with van der Waals surface area (Å²) in [6.07, 6.45) is 1.56. The average Bonchev–Trinajstić information content (AvgIpc) is 2.71. The number of esters is 2. The topological polar surface area (TPSA) is 82.6 Å². The van der Waals surface area contributed by atoms with Crippen molar-refractivity contribution >= 4 is 28.6 Å². The quantitative estimate of drug-likeness (QED) is 0.532. The van der Waals surface area contributed by atoms with Gasteiger partial charge in [0.1, 0.15) is 0 Å². The number of hydrogen-bond donors (Lipinski definition) is 0. The first kappa shape index (κ1) is 17.3. The van der Waals surface area contributed by atoms with E-state index in [4.69, 9.17) is 4.74 Å². The van der Waals surface area contributed by atoms with Crippen LogP contribution in [0.3, 0.4) is 0 Å². The summed E-state index contributed by atoms with van der Waals surface area (Å²) in [7, 11) is 2.54. The van der Waals surface area contributed by atoms with E-state index in [1.807, 2.05) is 0 Å². The van der Waals surface area contributed by atoms with E-state index in [-0.39, 0.29) is 16.9 Å². The number of ether oxygens (including phenoxy) is 2. The highest BCUT2D eigenvalue weighted by atomic mass is 16.5. The van der Waals surface area contributed by atoms with Crippen molar-refractivity contribution in [3.63, 3.8) is 0 Å². The molecule has 0 atom stereocenters. The van der Waals surface area contributed by atoms with Crippen LogP contribution in [-0.4, -0.2) is 36.9 Å². The lowest BCUT2D eigenvalue weighted by Gasteiger charge is -2.10. The molecule has 0 unspecified atom stereocenters. The van der Waals surface area contributed by atoms with Gasteiger partial charge in [0.2, 0.25) is 0 Å². The third-order valence-corrected chi connectivity index (χ3v) is 3.98. The molecule has 26 heavy (non-hydrogen) atoms. The van der Waals surface area contributed by atoms with Gasteiger partial charge in [-0.1, -0.05) is 24.3 Å². The van der Waals surface area contributed by atoms with Crippen molar-refractivity contribution in [3.8, 4) is 0 Å². The van der Waals surface area contributed by atoms with Crippen LogP contribution in [0.4, 0.5) is 0 Å². The van der Waals surface area contributed by atoms with Gasteiger partial charge in [-0.2, -0.15) is 0 Å². The lowest BCUT2D eigenvalue weighted by molar-refractivity contribution is 0.0591. The lowest BCUT2D eigenvalue weighted by atomic mass is 9.95. The molecule has 3 rings (SSSR count). The molecule has 130 valence electrons. The van der Waals surface area contributed by atoms with Crippen LogP contribution < -0.4 is 0 Å². The summed E-state index contributed by atoms with van der Waals surface area (Å²) in [5, 5.41) is 0.731. The molecule has 0 spiro atoms. The van der Waals surface area contributed by atoms with Crippen LogP contribution in [0.25, 0.3) is 10.9 Å². The first-order chi connectivity index (χ1) is 12.6. The minimum atomic E-state index is -0.618. The maximum atomic E-state index is 13.1. The Morgan fingerprint density at radius 3 is 2.12 bits per heavy atom. The fourth-order valence-corrected chi connectivity index (χ4v) is 2.67. The molecule has 0 N–H and O–H groups in total. The van der Waals surface area contributed by atoms with E-state index in [9.17, 15) is 14.4 Å². The number of carbonyl (C=O) groups excluding carboxylic acids is 3. The van der Waals surface area contributed by atoms with Crippen molar-refractivity contribution in [1.82, 2.24) is 4.98 Å². The molecule has 3 aromatic rings. The normalized spacial score (nSPS) is 10.4. The summed E-state index contributed by atoms with van der Waals surface area (Å²) in [5.74, 6) is -1.50. The Morgan fingerprint density at radius 2 is 1.46 bits per heavy atom. The number of benzene rings is 2.